The van der Waals surface area contributed by atoms with Gasteiger partial charge < -0.3 is 0 Å². The van der Waals surface area contributed by atoms with E-state index in [-0.39, 0.29) is 16.0 Å². The maximum Gasteiger partial charge on any atom is 0.273 e. The first-order chi connectivity index (χ1) is 10.5. The first kappa shape index (κ1) is 14.7. The number of rotatable bonds is 5. The molecule has 0 amide bonds. The Bertz CT molecular complexity index is 875. The van der Waals surface area contributed by atoms with Crippen LogP contribution in [0.15, 0.2) is 52.3 Å². The largest absolute Gasteiger partial charge is 0.273 e. The quantitative estimate of drug-likeness (QED) is 0.774. The van der Waals surface area contributed by atoms with Gasteiger partial charge in [-0.1, -0.05) is 18.2 Å². The Morgan fingerprint density at radius 2 is 2.14 bits per heavy atom. The number of hydrogen-bond acceptors (Lipinski definition) is 5. The summed E-state index contributed by atoms with van der Waals surface area (Å²) in [4.78, 5) is 3.90. The second-order valence-corrected chi connectivity index (χ2v) is 7.29. The highest BCUT2D eigenvalue weighted by atomic mass is 32.2. The zero-order chi connectivity index (χ0) is 15.6. The average Bonchev–Trinajstić information content (AvgIpc) is 3.10. The lowest BCUT2D eigenvalue weighted by atomic mass is 10.2. The second-order valence-electron chi connectivity index (χ2n) is 4.43. The fourth-order valence-electron chi connectivity index (χ4n) is 1.83. The van der Waals surface area contributed by atoms with Crippen LogP contribution in [0.2, 0.25) is 0 Å². The summed E-state index contributed by atoms with van der Waals surface area (Å²) in [6.07, 6.45) is 1.39. The van der Waals surface area contributed by atoms with Gasteiger partial charge in [0.05, 0.1) is 6.54 Å². The monoisotopic (exact) mass is 338 g/mol. The fraction of sp³-hybridized carbons (Fsp3) is 0.0769. The molecule has 6 nitrogen and oxygen atoms in total. The van der Waals surface area contributed by atoms with Crippen LogP contribution in [0.1, 0.15) is 5.56 Å². The molecule has 0 unspecified atom stereocenters. The van der Waals surface area contributed by atoms with Crippen molar-refractivity contribution in [3.8, 4) is 0 Å². The molecule has 1 aromatic carbocycles. The SMILES string of the molecule is O=S(=O)(Nc1ncn(Cc2cccc(F)c2)n1)c1cccs1. The van der Waals surface area contributed by atoms with Crippen LogP contribution in [-0.4, -0.2) is 23.2 Å². The van der Waals surface area contributed by atoms with Crippen molar-refractivity contribution in [2.75, 3.05) is 4.72 Å². The van der Waals surface area contributed by atoms with E-state index in [0.717, 1.165) is 11.3 Å². The topological polar surface area (TPSA) is 76.9 Å². The molecular weight excluding hydrogens is 327 g/mol. The summed E-state index contributed by atoms with van der Waals surface area (Å²) in [5, 5.41) is 5.70. The Labute approximate surface area is 130 Å². The molecule has 0 aliphatic heterocycles. The van der Waals surface area contributed by atoms with Crippen molar-refractivity contribution in [2.24, 2.45) is 0 Å². The number of benzene rings is 1. The highest BCUT2D eigenvalue weighted by Gasteiger charge is 2.17. The molecule has 3 rings (SSSR count). The van der Waals surface area contributed by atoms with Gasteiger partial charge in [0.1, 0.15) is 16.4 Å². The van der Waals surface area contributed by atoms with E-state index in [1.165, 1.54) is 29.2 Å². The normalized spacial score (nSPS) is 11.5. The molecular formula is C13H11FN4O2S2. The lowest BCUT2D eigenvalue weighted by Crippen LogP contribution is -2.13. The van der Waals surface area contributed by atoms with Crippen molar-refractivity contribution in [3.63, 3.8) is 0 Å². The lowest BCUT2D eigenvalue weighted by molar-refractivity contribution is 0.602. The number of nitrogens with zero attached hydrogens (tertiary/aromatic N) is 3. The summed E-state index contributed by atoms with van der Waals surface area (Å²) in [6.45, 7) is 0.297. The summed E-state index contributed by atoms with van der Waals surface area (Å²) >= 11 is 1.11. The summed E-state index contributed by atoms with van der Waals surface area (Å²) in [6, 6.07) is 9.23. The second kappa shape index (κ2) is 5.85. The van der Waals surface area contributed by atoms with Crippen LogP contribution >= 0.6 is 11.3 Å². The predicted molar refractivity (Wildman–Crippen MR) is 80.7 cm³/mol. The zero-order valence-corrected chi connectivity index (χ0v) is 12.8. The van der Waals surface area contributed by atoms with Crippen LogP contribution in [-0.2, 0) is 16.6 Å². The molecule has 114 valence electrons. The molecule has 22 heavy (non-hydrogen) atoms. The lowest BCUT2D eigenvalue weighted by Gasteiger charge is -2.02. The first-order valence-corrected chi connectivity index (χ1v) is 8.59. The van der Waals surface area contributed by atoms with Crippen LogP contribution in [0.25, 0.3) is 0 Å². The number of anilines is 1. The molecule has 0 bridgehead atoms. The van der Waals surface area contributed by atoms with E-state index in [1.807, 2.05) is 0 Å². The molecule has 0 aliphatic carbocycles. The van der Waals surface area contributed by atoms with Crippen molar-refractivity contribution in [1.82, 2.24) is 14.8 Å². The molecule has 3 aromatic rings. The average molecular weight is 338 g/mol. The number of aromatic nitrogens is 3. The highest BCUT2D eigenvalue weighted by Crippen LogP contribution is 2.18. The van der Waals surface area contributed by atoms with Crippen LogP contribution < -0.4 is 4.72 Å². The number of halogens is 1. The molecule has 0 radical (unpaired) electrons. The van der Waals surface area contributed by atoms with E-state index < -0.39 is 10.0 Å². The minimum atomic E-state index is -3.67. The summed E-state index contributed by atoms with van der Waals surface area (Å²) < 4.78 is 41.1. The van der Waals surface area contributed by atoms with Gasteiger partial charge in [-0.15, -0.1) is 16.4 Å². The van der Waals surface area contributed by atoms with Crippen molar-refractivity contribution in [1.29, 1.82) is 0 Å². The first-order valence-electron chi connectivity index (χ1n) is 6.23. The maximum atomic E-state index is 13.1. The number of hydrogen-bond donors (Lipinski definition) is 1. The molecule has 0 aliphatic rings. The Kier molecular flexibility index (Phi) is 3.90. The molecule has 0 saturated heterocycles. The van der Waals surface area contributed by atoms with E-state index in [0.29, 0.717) is 12.1 Å². The van der Waals surface area contributed by atoms with Gasteiger partial charge in [0, 0.05) is 0 Å². The molecule has 0 saturated carbocycles. The molecule has 0 spiro atoms. The molecule has 0 fully saturated rings. The Morgan fingerprint density at radius 3 is 2.86 bits per heavy atom. The van der Waals surface area contributed by atoms with Crippen LogP contribution in [0.3, 0.4) is 0 Å². The minimum absolute atomic E-state index is 0.0233. The third-order valence-electron chi connectivity index (χ3n) is 2.76. The number of thiophene rings is 1. The highest BCUT2D eigenvalue weighted by molar-refractivity contribution is 7.94. The van der Waals surface area contributed by atoms with Gasteiger partial charge in [-0.05, 0) is 29.1 Å². The van der Waals surface area contributed by atoms with Gasteiger partial charge in [0.15, 0.2) is 0 Å². The standard InChI is InChI=1S/C13H11FN4O2S2/c14-11-4-1-3-10(7-11)8-18-9-15-13(16-18)17-22(19,20)12-5-2-6-21-12/h1-7,9H,8H2,(H,16,17). The van der Waals surface area contributed by atoms with Crippen molar-refractivity contribution >= 4 is 27.3 Å². The van der Waals surface area contributed by atoms with Gasteiger partial charge in [0.2, 0.25) is 0 Å². The van der Waals surface area contributed by atoms with E-state index in [2.05, 4.69) is 14.8 Å². The molecule has 2 heterocycles. The predicted octanol–water partition coefficient (Wildman–Crippen LogP) is 2.33. The summed E-state index contributed by atoms with van der Waals surface area (Å²) in [5.74, 6) is -0.360. The van der Waals surface area contributed by atoms with Crippen LogP contribution in [0.4, 0.5) is 10.3 Å². The third-order valence-corrected chi connectivity index (χ3v) is 5.48. The zero-order valence-electron chi connectivity index (χ0n) is 11.2. The van der Waals surface area contributed by atoms with Gasteiger partial charge in [-0.25, -0.2) is 22.2 Å². The van der Waals surface area contributed by atoms with Gasteiger partial charge in [0.25, 0.3) is 16.0 Å². The van der Waals surface area contributed by atoms with Crippen molar-refractivity contribution < 1.29 is 12.8 Å². The van der Waals surface area contributed by atoms with Crippen molar-refractivity contribution in [2.45, 2.75) is 10.8 Å². The van der Waals surface area contributed by atoms with Gasteiger partial charge >= 0.3 is 0 Å². The minimum Gasteiger partial charge on any atom is -0.246 e. The summed E-state index contributed by atoms with van der Waals surface area (Å²) in [7, 11) is -3.67. The number of sulfonamides is 1. The molecule has 1 N–H and O–H groups in total. The van der Waals surface area contributed by atoms with Crippen LogP contribution in [0, 0.1) is 5.82 Å². The third kappa shape index (κ3) is 3.31. The molecule has 0 atom stereocenters. The Hall–Kier alpha value is -2.26. The smallest absolute Gasteiger partial charge is 0.246 e. The fourth-order valence-corrected chi connectivity index (χ4v) is 3.77. The maximum absolute atomic E-state index is 13.1. The van der Waals surface area contributed by atoms with Gasteiger partial charge in [-0.3, -0.25) is 0 Å². The molecule has 9 heteroatoms. The van der Waals surface area contributed by atoms with Crippen molar-refractivity contribution in [3.05, 3.63) is 59.5 Å². The Balaban J connectivity index is 1.74. The van der Waals surface area contributed by atoms with E-state index in [9.17, 15) is 12.8 Å². The van der Waals surface area contributed by atoms with E-state index in [1.54, 1.807) is 23.6 Å². The molecule has 2 aromatic heterocycles. The van der Waals surface area contributed by atoms with Crippen LogP contribution in [0.5, 0.6) is 0 Å². The van der Waals surface area contributed by atoms with Gasteiger partial charge in [-0.2, -0.15) is 4.98 Å². The van der Waals surface area contributed by atoms with E-state index in [4.69, 9.17) is 0 Å². The number of nitrogens with one attached hydrogen (secondary N) is 1. The summed E-state index contributed by atoms with van der Waals surface area (Å²) in [5.41, 5.74) is 0.706. The Morgan fingerprint density at radius 1 is 1.27 bits per heavy atom. The van der Waals surface area contributed by atoms with E-state index >= 15 is 0 Å².